The first kappa shape index (κ1) is 16.0. The van der Waals surface area contributed by atoms with Crippen LogP contribution in [0.5, 0.6) is 5.75 Å². The summed E-state index contributed by atoms with van der Waals surface area (Å²) in [4.78, 5) is 11.4. The van der Waals surface area contributed by atoms with Gasteiger partial charge in [0, 0.05) is 5.25 Å². The van der Waals surface area contributed by atoms with E-state index >= 15 is 0 Å². The Kier molecular flexibility index (Phi) is 5.03. The minimum atomic E-state index is -4.74. The average molecular weight is 320 g/mol. The Labute approximate surface area is 124 Å². The first-order chi connectivity index (χ1) is 9.85. The second-order valence-corrected chi connectivity index (χ2v) is 6.29. The molecule has 1 atom stereocenters. The maximum Gasteiger partial charge on any atom is 0.573 e. The van der Waals surface area contributed by atoms with Gasteiger partial charge in [-0.05, 0) is 30.5 Å². The molecule has 1 aromatic rings. The molecule has 1 aliphatic rings. The third-order valence-corrected chi connectivity index (χ3v) is 4.87. The fraction of sp³-hybridized carbons (Fsp3) is 0.500. The largest absolute Gasteiger partial charge is 0.573 e. The lowest BCUT2D eigenvalue weighted by atomic mass is 10.1. The number of alkyl halides is 3. The number of carboxylic acids is 1. The maximum absolute atomic E-state index is 12.1. The number of carboxylic acid groups (broad SMARTS) is 1. The molecule has 3 nitrogen and oxygen atoms in total. The van der Waals surface area contributed by atoms with Crippen molar-refractivity contribution in [2.75, 3.05) is 0 Å². The third kappa shape index (κ3) is 4.84. The minimum Gasteiger partial charge on any atom is -0.480 e. The first-order valence-corrected chi connectivity index (χ1v) is 7.53. The quantitative estimate of drug-likeness (QED) is 0.874. The van der Waals surface area contributed by atoms with Crippen LogP contribution >= 0.6 is 11.8 Å². The van der Waals surface area contributed by atoms with Crippen molar-refractivity contribution in [3.8, 4) is 5.75 Å². The Bertz CT molecular complexity index is 481. The summed E-state index contributed by atoms with van der Waals surface area (Å²) >= 11 is 1.37. The van der Waals surface area contributed by atoms with Gasteiger partial charge in [0.15, 0.2) is 0 Å². The van der Waals surface area contributed by atoms with Crippen LogP contribution in [-0.4, -0.2) is 22.7 Å². The number of rotatable bonds is 5. The van der Waals surface area contributed by atoms with Crippen LogP contribution in [0.2, 0.25) is 0 Å². The number of hydrogen-bond donors (Lipinski definition) is 1. The number of hydrogen-bond acceptors (Lipinski definition) is 3. The van der Waals surface area contributed by atoms with Crippen molar-refractivity contribution < 1.29 is 27.8 Å². The molecule has 0 heterocycles. The molecule has 1 unspecified atom stereocenters. The average Bonchev–Trinajstić information content (AvgIpc) is 2.88. The van der Waals surface area contributed by atoms with E-state index in [0.29, 0.717) is 10.8 Å². The van der Waals surface area contributed by atoms with E-state index in [4.69, 9.17) is 0 Å². The first-order valence-electron chi connectivity index (χ1n) is 6.59. The van der Waals surface area contributed by atoms with Crippen LogP contribution in [0.15, 0.2) is 24.3 Å². The summed E-state index contributed by atoms with van der Waals surface area (Å²) < 4.78 is 40.0. The molecule has 1 fully saturated rings. The van der Waals surface area contributed by atoms with Crippen LogP contribution in [0.4, 0.5) is 13.2 Å². The maximum atomic E-state index is 12.1. The highest BCUT2D eigenvalue weighted by atomic mass is 32.2. The van der Waals surface area contributed by atoms with Crippen molar-refractivity contribution in [3.63, 3.8) is 0 Å². The van der Waals surface area contributed by atoms with Crippen molar-refractivity contribution in [3.05, 3.63) is 29.8 Å². The molecule has 116 valence electrons. The number of thioether (sulfide) groups is 1. The lowest BCUT2D eigenvalue weighted by molar-refractivity contribution is -0.274. The van der Waals surface area contributed by atoms with Gasteiger partial charge in [0.25, 0.3) is 0 Å². The van der Waals surface area contributed by atoms with E-state index in [1.54, 1.807) is 0 Å². The molecule has 1 saturated carbocycles. The fourth-order valence-electron chi connectivity index (χ4n) is 2.34. The van der Waals surface area contributed by atoms with Crippen LogP contribution in [0.25, 0.3) is 0 Å². The van der Waals surface area contributed by atoms with E-state index in [2.05, 4.69) is 4.74 Å². The van der Waals surface area contributed by atoms with E-state index in [1.165, 1.54) is 23.9 Å². The van der Waals surface area contributed by atoms with Gasteiger partial charge in [-0.3, -0.25) is 4.79 Å². The van der Waals surface area contributed by atoms with Gasteiger partial charge in [-0.1, -0.05) is 25.0 Å². The highest BCUT2D eigenvalue weighted by Gasteiger charge is 2.31. The van der Waals surface area contributed by atoms with Gasteiger partial charge in [-0.2, -0.15) is 0 Å². The molecule has 0 aliphatic heterocycles. The van der Waals surface area contributed by atoms with Crippen LogP contribution in [0, 0.1) is 0 Å². The topological polar surface area (TPSA) is 46.5 Å². The molecule has 0 aromatic heterocycles. The van der Waals surface area contributed by atoms with Crippen molar-refractivity contribution in [2.24, 2.45) is 0 Å². The lowest BCUT2D eigenvalue weighted by Gasteiger charge is -2.17. The summed E-state index contributed by atoms with van der Waals surface area (Å²) in [5.74, 6) is -1.32. The Balaban J connectivity index is 2.07. The summed E-state index contributed by atoms with van der Waals surface area (Å²) in [6.07, 6.45) is -0.565. The number of carbonyl (C=O) groups is 1. The van der Waals surface area contributed by atoms with Crippen LogP contribution in [0.1, 0.15) is 36.5 Å². The van der Waals surface area contributed by atoms with Gasteiger partial charge in [0.05, 0.1) is 0 Å². The van der Waals surface area contributed by atoms with E-state index < -0.39 is 17.6 Å². The zero-order valence-electron chi connectivity index (χ0n) is 11.1. The molecule has 0 amide bonds. The van der Waals surface area contributed by atoms with E-state index in [9.17, 15) is 23.1 Å². The standard InChI is InChI=1S/C14H15F3O3S/c15-14(16,17)20-10-7-5-9(6-8-10)12(13(18)19)21-11-3-1-2-4-11/h5-8,11-12H,1-4H2,(H,18,19). The summed E-state index contributed by atoms with van der Waals surface area (Å²) in [6.45, 7) is 0. The molecule has 2 rings (SSSR count). The molecule has 0 saturated heterocycles. The van der Waals surface area contributed by atoms with Gasteiger partial charge >= 0.3 is 12.3 Å². The predicted molar refractivity (Wildman–Crippen MR) is 73.3 cm³/mol. The Morgan fingerprint density at radius 2 is 1.81 bits per heavy atom. The normalized spacial score (nSPS) is 17.7. The molecule has 1 N–H and O–H groups in total. The number of halogens is 3. The van der Waals surface area contributed by atoms with E-state index in [-0.39, 0.29) is 5.75 Å². The van der Waals surface area contributed by atoms with Crippen molar-refractivity contribution in [1.82, 2.24) is 0 Å². The number of ether oxygens (including phenoxy) is 1. The molecule has 21 heavy (non-hydrogen) atoms. The monoisotopic (exact) mass is 320 g/mol. The van der Waals surface area contributed by atoms with Crippen LogP contribution < -0.4 is 4.74 Å². The Morgan fingerprint density at radius 3 is 2.29 bits per heavy atom. The number of benzene rings is 1. The summed E-state index contributed by atoms with van der Waals surface area (Å²) in [6, 6.07) is 5.05. The molecule has 0 radical (unpaired) electrons. The molecule has 0 bridgehead atoms. The van der Waals surface area contributed by atoms with Crippen molar-refractivity contribution in [2.45, 2.75) is 42.5 Å². The summed E-state index contributed by atoms with van der Waals surface area (Å²) in [5, 5.41) is 8.86. The number of aliphatic carboxylic acids is 1. The van der Waals surface area contributed by atoms with E-state index in [1.807, 2.05) is 0 Å². The minimum absolute atomic E-state index is 0.303. The van der Waals surface area contributed by atoms with Crippen molar-refractivity contribution in [1.29, 1.82) is 0 Å². The smallest absolute Gasteiger partial charge is 0.480 e. The van der Waals surface area contributed by atoms with Gasteiger partial charge < -0.3 is 9.84 Å². The second kappa shape index (κ2) is 6.60. The highest BCUT2D eigenvalue weighted by molar-refractivity contribution is 8.00. The molecular formula is C14H15F3O3S. The molecular weight excluding hydrogens is 305 g/mol. The predicted octanol–water partition coefficient (Wildman–Crippen LogP) is 4.39. The highest BCUT2D eigenvalue weighted by Crippen LogP contribution is 2.40. The van der Waals surface area contributed by atoms with Gasteiger partial charge in [-0.15, -0.1) is 24.9 Å². The third-order valence-electron chi connectivity index (χ3n) is 3.27. The second-order valence-electron chi connectivity index (χ2n) is 4.88. The Hall–Kier alpha value is -1.37. The fourth-order valence-corrected chi connectivity index (χ4v) is 3.76. The molecule has 1 aromatic carbocycles. The van der Waals surface area contributed by atoms with Crippen molar-refractivity contribution >= 4 is 17.7 Å². The van der Waals surface area contributed by atoms with Crippen LogP contribution in [0.3, 0.4) is 0 Å². The lowest BCUT2D eigenvalue weighted by Crippen LogP contribution is -2.17. The molecule has 1 aliphatic carbocycles. The van der Waals surface area contributed by atoms with Crippen LogP contribution in [-0.2, 0) is 4.79 Å². The summed E-state index contributed by atoms with van der Waals surface area (Å²) in [5.41, 5.74) is 0.480. The zero-order valence-corrected chi connectivity index (χ0v) is 11.9. The van der Waals surface area contributed by atoms with Gasteiger partial charge in [0.1, 0.15) is 11.0 Å². The summed E-state index contributed by atoms with van der Waals surface area (Å²) in [7, 11) is 0. The molecule has 7 heteroatoms. The Morgan fingerprint density at radius 1 is 1.24 bits per heavy atom. The zero-order chi connectivity index (χ0) is 15.5. The molecule has 0 spiro atoms. The van der Waals surface area contributed by atoms with Gasteiger partial charge in [-0.25, -0.2) is 0 Å². The van der Waals surface area contributed by atoms with E-state index in [0.717, 1.165) is 37.8 Å². The van der Waals surface area contributed by atoms with Gasteiger partial charge in [0.2, 0.25) is 0 Å². The SMILES string of the molecule is O=C(O)C(SC1CCCC1)c1ccc(OC(F)(F)F)cc1.